The summed E-state index contributed by atoms with van der Waals surface area (Å²) in [7, 11) is -3.05. The van der Waals surface area contributed by atoms with Crippen LogP contribution in [0.1, 0.15) is 1.43 Å². The molecule has 48 valence electrons. The van der Waals surface area contributed by atoms with E-state index in [1.165, 1.54) is 0 Å². The van der Waals surface area contributed by atoms with Crippen LogP contribution >= 0.6 is 0 Å². The Balaban J connectivity index is 0.000000640. The van der Waals surface area contributed by atoms with Gasteiger partial charge in [0.25, 0.3) is 0 Å². The van der Waals surface area contributed by atoms with E-state index in [4.69, 9.17) is 8.23 Å². The Labute approximate surface area is 53.8 Å². The second-order valence-corrected chi connectivity index (χ2v) is 10.2. The van der Waals surface area contributed by atoms with Gasteiger partial charge in [0.1, 0.15) is 0 Å². The molecule has 1 heterocycles. The van der Waals surface area contributed by atoms with Gasteiger partial charge in [0, 0.05) is 0 Å². The summed E-state index contributed by atoms with van der Waals surface area (Å²) in [6, 6.07) is 0. The molecule has 0 atom stereocenters. The lowest BCUT2D eigenvalue weighted by Crippen LogP contribution is -2.64. The SMILES string of the molecule is C[Si]1(C)O[Si](C)(C)O1.[H+]. The maximum absolute atomic E-state index is 5.57. The van der Waals surface area contributed by atoms with Crippen LogP contribution in [0.2, 0.25) is 26.2 Å². The number of hydrogen-bond donors (Lipinski definition) is 0. The van der Waals surface area contributed by atoms with E-state index in [0.29, 0.717) is 0 Å². The van der Waals surface area contributed by atoms with Crippen LogP contribution in [0.4, 0.5) is 0 Å². The zero-order chi connectivity index (χ0) is 6.41. The van der Waals surface area contributed by atoms with Crippen molar-refractivity contribution >= 4 is 17.1 Å². The van der Waals surface area contributed by atoms with E-state index in [1.54, 1.807) is 0 Å². The maximum Gasteiger partial charge on any atom is 1.00 e. The summed E-state index contributed by atoms with van der Waals surface area (Å²) in [5, 5.41) is 0. The summed E-state index contributed by atoms with van der Waals surface area (Å²) in [6.07, 6.45) is 0. The highest BCUT2D eigenvalue weighted by Gasteiger charge is 2.49. The molecule has 8 heavy (non-hydrogen) atoms. The lowest BCUT2D eigenvalue weighted by molar-refractivity contribution is 0.237. The van der Waals surface area contributed by atoms with Crippen molar-refractivity contribution in [3.63, 3.8) is 0 Å². The smallest absolute Gasteiger partial charge is 0.416 e. The first-order valence-electron chi connectivity index (χ1n) is 2.82. The van der Waals surface area contributed by atoms with Gasteiger partial charge in [-0.3, -0.25) is 0 Å². The molecule has 0 radical (unpaired) electrons. The van der Waals surface area contributed by atoms with E-state index >= 15 is 0 Å². The first-order chi connectivity index (χ1) is 3.41. The molecule has 0 unspecified atom stereocenters. The third-order valence-electron chi connectivity index (χ3n) is 0.983. The molecule has 0 aliphatic carbocycles. The molecular formula is C4H13O2Si2+. The molecule has 0 aromatic heterocycles. The fourth-order valence-electron chi connectivity index (χ4n) is 1.19. The first-order valence-corrected chi connectivity index (χ1v) is 8.45. The molecule has 2 nitrogen and oxygen atoms in total. The third-order valence-corrected chi connectivity index (χ3v) is 8.85. The number of hydrogen-bond acceptors (Lipinski definition) is 2. The van der Waals surface area contributed by atoms with Crippen molar-refractivity contribution in [2.75, 3.05) is 0 Å². The molecule has 0 N–H and O–H groups in total. The first kappa shape index (κ1) is 6.47. The van der Waals surface area contributed by atoms with Gasteiger partial charge in [0.05, 0.1) is 0 Å². The fourth-order valence-corrected chi connectivity index (χ4v) is 10.7. The Morgan fingerprint density at radius 2 is 1.12 bits per heavy atom. The van der Waals surface area contributed by atoms with Crippen LogP contribution in [0.15, 0.2) is 0 Å². The van der Waals surface area contributed by atoms with Gasteiger partial charge in [0.2, 0.25) is 0 Å². The molecule has 0 saturated carbocycles. The minimum atomic E-state index is -1.52. The van der Waals surface area contributed by atoms with Crippen LogP contribution in [0.3, 0.4) is 0 Å². The predicted octanol–water partition coefficient (Wildman–Crippen LogP) is 1.55. The van der Waals surface area contributed by atoms with Gasteiger partial charge in [0.15, 0.2) is 0 Å². The summed E-state index contributed by atoms with van der Waals surface area (Å²) in [5.41, 5.74) is 0. The highest BCUT2D eigenvalue weighted by atomic mass is 28.5. The highest BCUT2D eigenvalue weighted by Crippen LogP contribution is 2.29. The molecule has 4 heteroatoms. The average Bonchev–Trinajstić information content (AvgIpc) is 1.20. The van der Waals surface area contributed by atoms with Gasteiger partial charge >= 0.3 is 18.5 Å². The zero-order valence-electron chi connectivity index (χ0n) is 6.82. The molecule has 0 aromatic rings. The summed E-state index contributed by atoms with van der Waals surface area (Å²) < 4.78 is 11.1. The average molecular weight is 149 g/mol. The van der Waals surface area contributed by atoms with Gasteiger partial charge < -0.3 is 8.23 Å². The molecule has 1 fully saturated rings. The molecule has 1 aliphatic rings. The molecule has 1 rings (SSSR count). The van der Waals surface area contributed by atoms with E-state index < -0.39 is 17.1 Å². The summed E-state index contributed by atoms with van der Waals surface area (Å²) in [4.78, 5) is 0. The van der Waals surface area contributed by atoms with E-state index in [1.807, 2.05) is 0 Å². The third kappa shape index (κ3) is 1.19. The van der Waals surface area contributed by atoms with Gasteiger partial charge in [-0.25, -0.2) is 0 Å². The molecule has 0 spiro atoms. The van der Waals surface area contributed by atoms with Crippen molar-refractivity contribution < 1.29 is 9.66 Å². The second kappa shape index (κ2) is 1.44. The topological polar surface area (TPSA) is 18.5 Å². The van der Waals surface area contributed by atoms with Crippen molar-refractivity contribution in [3.8, 4) is 0 Å². The Kier molecular flexibility index (Phi) is 1.17. The largest absolute Gasteiger partial charge is 1.00 e. The van der Waals surface area contributed by atoms with Crippen molar-refractivity contribution in [1.82, 2.24) is 0 Å². The van der Waals surface area contributed by atoms with Gasteiger partial charge in [-0.15, -0.1) is 0 Å². The van der Waals surface area contributed by atoms with E-state index in [2.05, 4.69) is 26.2 Å². The Hall–Kier alpha value is 0.354. The van der Waals surface area contributed by atoms with Crippen molar-refractivity contribution in [2.24, 2.45) is 0 Å². The summed E-state index contributed by atoms with van der Waals surface area (Å²) in [5.74, 6) is 0. The summed E-state index contributed by atoms with van der Waals surface area (Å²) >= 11 is 0. The van der Waals surface area contributed by atoms with Crippen LogP contribution in [0.25, 0.3) is 0 Å². The lowest BCUT2D eigenvalue weighted by atomic mass is 11.9. The van der Waals surface area contributed by atoms with E-state index in [0.717, 1.165) is 0 Å². The Bertz CT molecular complexity index is 93.1. The summed E-state index contributed by atoms with van der Waals surface area (Å²) in [6.45, 7) is 8.30. The molecule has 0 bridgehead atoms. The van der Waals surface area contributed by atoms with Crippen LogP contribution < -0.4 is 0 Å². The Morgan fingerprint density at radius 1 is 0.875 bits per heavy atom. The fraction of sp³-hybridized carbons (Fsp3) is 1.00. The van der Waals surface area contributed by atoms with Crippen LogP contribution in [-0.4, -0.2) is 17.1 Å². The highest BCUT2D eigenvalue weighted by molar-refractivity contribution is 6.92. The zero-order valence-corrected chi connectivity index (χ0v) is 7.82. The maximum atomic E-state index is 5.57. The molecule has 0 aromatic carbocycles. The quantitative estimate of drug-likeness (QED) is 0.487. The minimum absolute atomic E-state index is 0. The van der Waals surface area contributed by atoms with Crippen LogP contribution in [-0.2, 0) is 8.23 Å². The van der Waals surface area contributed by atoms with Gasteiger partial charge in [-0.1, -0.05) is 0 Å². The molecule has 1 aliphatic heterocycles. The van der Waals surface area contributed by atoms with Gasteiger partial charge in [-0.05, 0) is 26.2 Å². The Morgan fingerprint density at radius 3 is 1.12 bits per heavy atom. The van der Waals surface area contributed by atoms with Gasteiger partial charge in [-0.2, -0.15) is 0 Å². The van der Waals surface area contributed by atoms with Crippen molar-refractivity contribution in [1.29, 1.82) is 0 Å². The molecule has 1 saturated heterocycles. The predicted molar refractivity (Wildman–Crippen MR) is 38.2 cm³/mol. The van der Waals surface area contributed by atoms with Crippen molar-refractivity contribution in [3.05, 3.63) is 0 Å². The van der Waals surface area contributed by atoms with Crippen molar-refractivity contribution in [2.45, 2.75) is 26.2 Å². The molecule has 0 amide bonds. The van der Waals surface area contributed by atoms with Crippen LogP contribution in [0.5, 0.6) is 0 Å². The van der Waals surface area contributed by atoms with E-state index in [-0.39, 0.29) is 1.43 Å². The van der Waals surface area contributed by atoms with Crippen LogP contribution in [0, 0.1) is 0 Å². The second-order valence-electron chi connectivity index (χ2n) is 3.00. The van der Waals surface area contributed by atoms with E-state index in [9.17, 15) is 0 Å². The lowest BCUT2D eigenvalue weighted by Gasteiger charge is -2.46. The minimum Gasteiger partial charge on any atom is -0.416 e. The molecular weight excluding hydrogens is 136 g/mol. The standard InChI is InChI=1S/C4H12O2Si2/c1-7(2)5-8(3,4)6-7/h1-4H3/p+1. The monoisotopic (exact) mass is 149 g/mol. The normalized spacial score (nSPS) is 31.5. The number of rotatable bonds is 0.